The Hall–Kier alpha value is -0.930. The zero-order chi connectivity index (χ0) is 12.7. The lowest BCUT2D eigenvalue weighted by Crippen LogP contribution is -2.24. The van der Waals surface area contributed by atoms with Crippen LogP contribution in [0.2, 0.25) is 0 Å². The topological polar surface area (TPSA) is 23.5 Å². The van der Waals surface area contributed by atoms with Crippen molar-refractivity contribution in [1.29, 1.82) is 0 Å². The number of benzene rings is 1. The van der Waals surface area contributed by atoms with Gasteiger partial charge in [0.05, 0.1) is 6.10 Å². The molecule has 2 nitrogen and oxygen atoms in total. The number of likely N-dealkylation sites (tertiary alicyclic amines) is 1. The monoisotopic (exact) mass is 249 g/mol. The summed E-state index contributed by atoms with van der Waals surface area (Å²) in [7, 11) is 0. The maximum atomic E-state index is 13.1. The van der Waals surface area contributed by atoms with Crippen molar-refractivity contribution in [1.82, 2.24) is 4.90 Å². The highest BCUT2D eigenvalue weighted by atomic mass is 19.1. The van der Waals surface area contributed by atoms with Crippen LogP contribution in [0.4, 0.5) is 4.39 Å². The molecule has 1 aromatic carbocycles. The molecule has 1 N–H and O–H groups in total. The Morgan fingerprint density at radius 3 is 2.89 bits per heavy atom. The van der Waals surface area contributed by atoms with Gasteiger partial charge in [0, 0.05) is 25.6 Å². The molecule has 0 aromatic heterocycles. The molecular formula is C15H20FNO. The Morgan fingerprint density at radius 1 is 1.33 bits per heavy atom. The minimum atomic E-state index is -0.162. The van der Waals surface area contributed by atoms with Crippen LogP contribution in [-0.4, -0.2) is 29.2 Å². The predicted octanol–water partition coefficient (Wildman–Crippen LogP) is 2.34. The largest absolute Gasteiger partial charge is 0.393 e. The van der Waals surface area contributed by atoms with Crippen LogP contribution in [0.5, 0.6) is 0 Å². The second-order valence-electron chi connectivity index (χ2n) is 5.83. The van der Waals surface area contributed by atoms with Gasteiger partial charge in [0.25, 0.3) is 0 Å². The molecule has 98 valence electrons. The summed E-state index contributed by atoms with van der Waals surface area (Å²) in [5.74, 6) is 0.969. The number of hydrogen-bond donors (Lipinski definition) is 1. The van der Waals surface area contributed by atoms with Crippen LogP contribution < -0.4 is 0 Å². The number of fused-ring (bicyclic) bond motifs is 1. The molecule has 3 unspecified atom stereocenters. The van der Waals surface area contributed by atoms with E-state index in [-0.39, 0.29) is 11.9 Å². The Morgan fingerprint density at radius 2 is 2.17 bits per heavy atom. The first-order valence-electron chi connectivity index (χ1n) is 6.79. The van der Waals surface area contributed by atoms with E-state index in [9.17, 15) is 9.50 Å². The summed E-state index contributed by atoms with van der Waals surface area (Å²) in [5.41, 5.74) is 2.22. The second kappa shape index (κ2) is 4.63. The van der Waals surface area contributed by atoms with Gasteiger partial charge in [-0.25, -0.2) is 4.39 Å². The summed E-state index contributed by atoms with van der Waals surface area (Å²) in [6, 6.07) is 5.02. The summed E-state index contributed by atoms with van der Waals surface area (Å²) >= 11 is 0. The van der Waals surface area contributed by atoms with Crippen molar-refractivity contribution in [2.75, 3.05) is 13.1 Å². The van der Waals surface area contributed by atoms with Gasteiger partial charge in [-0.15, -0.1) is 0 Å². The van der Waals surface area contributed by atoms with E-state index in [2.05, 4.69) is 4.90 Å². The van der Waals surface area contributed by atoms with Gasteiger partial charge in [0.1, 0.15) is 5.82 Å². The molecule has 0 amide bonds. The average Bonchev–Trinajstić information content (AvgIpc) is 2.86. The summed E-state index contributed by atoms with van der Waals surface area (Å²) in [6.45, 7) is 4.91. The number of nitrogens with zero attached hydrogens (tertiary/aromatic N) is 1. The minimum Gasteiger partial charge on any atom is -0.393 e. The summed E-state index contributed by atoms with van der Waals surface area (Å²) < 4.78 is 13.1. The highest BCUT2D eigenvalue weighted by Gasteiger charge is 2.41. The molecule has 1 aliphatic carbocycles. The number of aliphatic hydroxyl groups is 1. The molecule has 0 radical (unpaired) electrons. The number of rotatable bonds is 2. The van der Waals surface area contributed by atoms with Crippen molar-refractivity contribution in [3.63, 3.8) is 0 Å². The van der Waals surface area contributed by atoms with E-state index in [0.717, 1.165) is 38.0 Å². The average molecular weight is 249 g/mol. The van der Waals surface area contributed by atoms with Gasteiger partial charge in [-0.3, -0.25) is 4.90 Å². The molecule has 3 rings (SSSR count). The van der Waals surface area contributed by atoms with Crippen LogP contribution in [0.25, 0.3) is 0 Å². The maximum Gasteiger partial charge on any atom is 0.123 e. The Labute approximate surface area is 107 Å². The van der Waals surface area contributed by atoms with Gasteiger partial charge in [-0.05, 0) is 48.9 Å². The lowest BCUT2D eigenvalue weighted by molar-refractivity contribution is 0.123. The Kier molecular flexibility index (Phi) is 3.12. The fourth-order valence-corrected chi connectivity index (χ4v) is 3.54. The quantitative estimate of drug-likeness (QED) is 0.869. The Bertz CT molecular complexity index is 448. The van der Waals surface area contributed by atoms with Gasteiger partial charge >= 0.3 is 0 Å². The van der Waals surface area contributed by atoms with Crippen LogP contribution in [0.1, 0.15) is 24.0 Å². The normalized spacial score (nSPS) is 31.8. The van der Waals surface area contributed by atoms with Crippen molar-refractivity contribution >= 4 is 0 Å². The van der Waals surface area contributed by atoms with Crippen molar-refractivity contribution in [2.24, 2.45) is 11.8 Å². The van der Waals surface area contributed by atoms with Gasteiger partial charge < -0.3 is 5.11 Å². The number of hydrogen-bond acceptors (Lipinski definition) is 2. The van der Waals surface area contributed by atoms with Gasteiger partial charge in [-0.1, -0.05) is 6.07 Å². The second-order valence-corrected chi connectivity index (χ2v) is 5.83. The third-order valence-electron chi connectivity index (χ3n) is 4.59. The fourth-order valence-electron chi connectivity index (χ4n) is 3.54. The molecule has 18 heavy (non-hydrogen) atoms. The number of aryl methyl sites for hydroxylation is 1. The van der Waals surface area contributed by atoms with Gasteiger partial charge in [0.15, 0.2) is 0 Å². The first kappa shape index (κ1) is 12.1. The van der Waals surface area contributed by atoms with Crippen LogP contribution in [-0.2, 0) is 6.54 Å². The van der Waals surface area contributed by atoms with Crippen LogP contribution in [0.15, 0.2) is 18.2 Å². The smallest absolute Gasteiger partial charge is 0.123 e. The van der Waals surface area contributed by atoms with Crippen LogP contribution in [0, 0.1) is 24.6 Å². The molecule has 1 saturated carbocycles. The van der Waals surface area contributed by atoms with Crippen LogP contribution in [0.3, 0.4) is 0 Å². The van der Waals surface area contributed by atoms with E-state index < -0.39 is 0 Å². The summed E-state index contributed by atoms with van der Waals surface area (Å²) in [4.78, 5) is 2.40. The van der Waals surface area contributed by atoms with Crippen molar-refractivity contribution in [2.45, 2.75) is 32.4 Å². The van der Waals surface area contributed by atoms with Crippen molar-refractivity contribution in [3.8, 4) is 0 Å². The number of aliphatic hydroxyl groups excluding tert-OH is 1. The maximum absolute atomic E-state index is 13.1. The standard InChI is InChI=1S/C15H20FNO/c1-10-6-13(16)4-2-11(10)7-17-8-12-3-5-15(18)14(12)9-17/h2,4,6,12,14-15,18H,3,5,7-9H2,1H3. The SMILES string of the molecule is Cc1cc(F)ccc1CN1CC2CCC(O)C2C1. The molecular weight excluding hydrogens is 229 g/mol. The fraction of sp³-hybridized carbons (Fsp3) is 0.600. The predicted molar refractivity (Wildman–Crippen MR) is 68.6 cm³/mol. The van der Waals surface area contributed by atoms with E-state index in [0.29, 0.717) is 11.8 Å². The minimum absolute atomic E-state index is 0.102. The highest BCUT2D eigenvalue weighted by Crippen LogP contribution is 2.38. The summed E-state index contributed by atoms with van der Waals surface area (Å²) in [5, 5.41) is 9.90. The molecule has 0 spiro atoms. The van der Waals surface area contributed by atoms with Gasteiger partial charge in [-0.2, -0.15) is 0 Å². The van der Waals surface area contributed by atoms with E-state index in [1.807, 2.05) is 13.0 Å². The molecule has 2 aliphatic rings. The molecule has 3 atom stereocenters. The molecule has 3 heteroatoms. The molecule has 2 fully saturated rings. The van der Waals surface area contributed by atoms with Crippen molar-refractivity contribution < 1.29 is 9.50 Å². The van der Waals surface area contributed by atoms with Crippen molar-refractivity contribution in [3.05, 3.63) is 35.1 Å². The summed E-state index contributed by atoms with van der Waals surface area (Å²) in [6.07, 6.45) is 2.03. The molecule has 1 aliphatic heterocycles. The van der Waals surface area contributed by atoms with E-state index in [1.54, 1.807) is 6.07 Å². The third kappa shape index (κ3) is 2.17. The highest BCUT2D eigenvalue weighted by molar-refractivity contribution is 5.26. The zero-order valence-corrected chi connectivity index (χ0v) is 10.8. The van der Waals surface area contributed by atoms with Crippen LogP contribution >= 0.6 is 0 Å². The lowest BCUT2D eigenvalue weighted by atomic mass is 10.00. The first-order chi connectivity index (χ1) is 8.63. The first-order valence-corrected chi connectivity index (χ1v) is 6.79. The van der Waals surface area contributed by atoms with E-state index >= 15 is 0 Å². The zero-order valence-electron chi connectivity index (χ0n) is 10.8. The van der Waals surface area contributed by atoms with E-state index in [1.165, 1.54) is 11.6 Å². The lowest BCUT2D eigenvalue weighted by Gasteiger charge is -2.19. The number of halogens is 1. The molecule has 1 heterocycles. The molecule has 0 bridgehead atoms. The van der Waals surface area contributed by atoms with E-state index in [4.69, 9.17) is 0 Å². The molecule has 1 aromatic rings. The van der Waals surface area contributed by atoms with Gasteiger partial charge in [0.2, 0.25) is 0 Å². The third-order valence-corrected chi connectivity index (χ3v) is 4.59. The molecule has 1 saturated heterocycles. The Balaban J connectivity index is 1.68.